The van der Waals surface area contributed by atoms with Crippen LogP contribution < -0.4 is 10.2 Å². The third-order valence-electron chi connectivity index (χ3n) is 2.62. The predicted octanol–water partition coefficient (Wildman–Crippen LogP) is 0.502. The van der Waals surface area contributed by atoms with Gasteiger partial charge in [-0.05, 0) is 12.1 Å². The molecule has 3 aromatic heterocycles. The summed E-state index contributed by atoms with van der Waals surface area (Å²) in [7, 11) is 0. The van der Waals surface area contributed by atoms with Crippen molar-refractivity contribution in [2.24, 2.45) is 0 Å². The smallest absolute Gasteiger partial charge is 0.272 e. The summed E-state index contributed by atoms with van der Waals surface area (Å²) in [6.07, 6.45) is 6.03. The summed E-state index contributed by atoms with van der Waals surface area (Å²) in [6, 6.07) is 6.12. The zero-order chi connectivity index (χ0) is 9.71. The summed E-state index contributed by atoms with van der Waals surface area (Å²) in [4.78, 5) is 0. The maximum absolute atomic E-state index is 5.77. The first kappa shape index (κ1) is 7.44. The number of hydrogen-bond acceptors (Lipinski definition) is 1. The Kier molecular flexibility index (Phi) is 1.21. The van der Waals surface area contributed by atoms with Gasteiger partial charge in [0, 0.05) is 6.92 Å². The Morgan fingerprint density at radius 2 is 2.21 bits per heavy atom. The number of nitrogens with zero attached hydrogens (tertiary/aromatic N) is 3. The van der Waals surface area contributed by atoms with E-state index >= 15 is 0 Å². The van der Waals surface area contributed by atoms with Crippen molar-refractivity contribution in [3.05, 3.63) is 42.6 Å². The van der Waals surface area contributed by atoms with Crippen molar-refractivity contribution in [3.8, 4) is 0 Å². The van der Waals surface area contributed by atoms with Crippen molar-refractivity contribution in [1.82, 2.24) is 9.08 Å². The standard InChI is InChI=1S/C10H11N4/c1-8-13-6-9-4-2-3-5-12(9)10(13)7-14(8)11/h2-7H,11H2,1H3/q+1. The predicted molar refractivity (Wildman–Crippen MR) is 53.4 cm³/mol. The van der Waals surface area contributed by atoms with Crippen LogP contribution in [-0.2, 0) is 0 Å². The van der Waals surface area contributed by atoms with Crippen LogP contribution in [0.2, 0.25) is 0 Å². The lowest BCUT2D eigenvalue weighted by Crippen LogP contribution is -2.23. The Hall–Kier alpha value is -1.97. The fourth-order valence-corrected chi connectivity index (χ4v) is 1.81. The quantitative estimate of drug-likeness (QED) is 0.404. The van der Waals surface area contributed by atoms with Gasteiger partial charge in [0.2, 0.25) is 5.82 Å². The van der Waals surface area contributed by atoms with Crippen LogP contribution in [0.5, 0.6) is 0 Å². The Morgan fingerprint density at radius 3 is 3.07 bits per heavy atom. The molecule has 0 aliphatic rings. The fraction of sp³-hybridized carbons (Fsp3) is 0.100. The molecule has 3 heterocycles. The van der Waals surface area contributed by atoms with Crippen LogP contribution in [0.3, 0.4) is 0 Å². The van der Waals surface area contributed by atoms with Crippen LogP contribution in [0.1, 0.15) is 5.82 Å². The van der Waals surface area contributed by atoms with Crippen LogP contribution in [0.15, 0.2) is 36.8 Å². The first-order valence-corrected chi connectivity index (χ1v) is 4.52. The number of aromatic nitrogens is 3. The molecule has 0 aromatic carbocycles. The van der Waals surface area contributed by atoms with Crippen molar-refractivity contribution in [1.29, 1.82) is 0 Å². The molecule has 3 rings (SSSR count). The second-order valence-electron chi connectivity index (χ2n) is 3.44. The molecule has 0 unspecified atom stereocenters. The number of rotatable bonds is 0. The molecular weight excluding hydrogens is 176 g/mol. The van der Waals surface area contributed by atoms with Crippen LogP contribution in [0.4, 0.5) is 0 Å². The molecule has 3 aromatic rings. The molecule has 0 saturated heterocycles. The molecule has 0 amide bonds. The van der Waals surface area contributed by atoms with E-state index in [1.54, 1.807) is 4.68 Å². The van der Waals surface area contributed by atoms with E-state index in [4.69, 9.17) is 5.84 Å². The molecule has 70 valence electrons. The summed E-state index contributed by atoms with van der Waals surface area (Å²) in [5.74, 6) is 6.79. The zero-order valence-electron chi connectivity index (χ0n) is 7.88. The molecule has 0 spiro atoms. The average molecular weight is 187 g/mol. The molecular formula is C10H11N4+. The van der Waals surface area contributed by atoms with Crippen LogP contribution >= 0.6 is 0 Å². The molecule has 0 radical (unpaired) electrons. The molecule has 4 heteroatoms. The summed E-state index contributed by atoms with van der Waals surface area (Å²) in [5, 5.41) is 0. The van der Waals surface area contributed by atoms with Crippen molar-refractivity contribution in [2.45, 2.75) is 6.92 Å². The first-order chi connectivity index (χ1) is 6.77. The van der Waals surface area contributed by atoms with Crippen molar-refractivity contribution in [2.75, 3.05) is 5.84 Å². The number of fused-ring (bicyclic) bond motifs is 3. The van der Waals surface area contributed by atoms with Gasteiger partial charge in [-0.15, -0.1) is 0 Å². The zero-order valence-corrected chi connectivity index (χ0v) is 7.88. The summed E-state index contributed by atoms with van der Waals surface area (Å²) in [5.41, 5.74) is 2.26. The maximum atomic E-state index is 5.77. The Bertz CT molecular complexity index is 617. The van der Waals surface area contributed by atoms with Gasteiger partial charge in [0.1, 0.15) is 11.7 Å². The van der Waals surface area contributed by atoms with E-state index in [9.17, 15) is 0 Å². The lowest BCUT2D eigenvalue weighted by atomic mass is 10.4. The Morgan fingerprint density at radius 1 is 1.36 bits per heavy atom. The molecule has 0 fully saturated rings. The normalized spacial score (nSPS) is 11.5. The topological polar surface area (TPSA) is 39.5 Å². The van der Waals surface area contributed by atoms with Crippen LogP contribution in [-0.4, -0.2) is 9.08 Å². The molecule has 2 N–H and O–H groups in total. The second kappa shape index (κ2) is 2.29. The van der Waals surface area contributed by atoms with E-state index in [0.29, 0.717) is 0 Å². The fourth-order valence-electron chi connectivity index (χ4n) is 1.81. The van der Waals surface area contributed by atoms with Gasteiger partial charge in [0.25, 0.3) is 5.65 Å². The summed E-state index contributed by atoms with van der Waals surface area (Å²) < 4.78 is 5.82. The third-order valence-corrected chi connectivity index (χ3v) is 2.62. The second-order valence-corrected chi connectivity index (χ2v) is 3.44. The minimum atomic E-state index is 1.02. The number of aryl methyl sites for hydroxylation is 1. The number of pyridine rings is 1. The molecule has 0 bridgehead atoms. The van der Waals surface area contributed by atoms with Gasteiger partial charge in [-0.1, -0.05) is 6.07 Å². The molecule has 0 saturated carbocycles. The minimum Gasteiger partial charge on any atom is -0.292 e. The molecule has 0 atom stereocenters. The number of imidazole rings is 2. The third kappa shape index (κ3) is 0.750. The van der Waals surface area contributed by atoms with E-state index in [1.165, 1.54) is 5.52 Å². The highest BCUT2D eigenvalue weighted by molar-refractivity contribution is 5.51. The average Bonchev–Trinajstić information content (AvgIpc) is 2.67. The number of nitrogen functional groups attached to an aromatic ring is 1. The SMILES string of the molecule is Cc1n(N)cc2n3ccccc3c[n+]12. The highest BCUT2D eigenvalue weighted by atomic mass is 15.3. The lowest BCUT2D eigenvalue weighted by Gasteiger charge is -1.86. The molecule has 0 aliphatic carbocycles. The van der Waals surface area contributed by atoms with E-state index < -0.39 is 0 Å². The van der Waals surface area contributed by atoms with Gasteiger partial charge in [0.05, 0.1) is 6.20 Å². The molecule has 14 heavy (non-hydrogen) atoms. The van der Waals surface area contributed by atoms with E-state index in [1.807, 2.05) is 31.5 Å². The number of hydrogen-bond donors (Lipinski definition) is 1. The monoisotopic (exact) mass is 187 g/mol. The van der Waals surface area contributed by atoms with Gasteiger partial charge in [-0.3, -0.25) is 5.84 Å². The van der Waals surface area contributed by atoms with E-state index in [-0.39, 0.29) is 0 Å². The highest BCUT2D eigenvalue weighted by Gasteiger charge is 2.14. The van der Waals surface area contributed by atoms with Gasteiger partial charge in [-0.2, -0.15) is 4.68 Å². The number of nitrogens with two attached hydrogens (primary N) is 1. The minimum absolute atomic E-state index is 1.02. The van der Waals surface area contributed by atoms with Gasteiger partial charge >= 0.3 is 0 Å². The Balaban J connectivity index is 2.60. The van der Waals surface area contributed by atoms with Crippen molar-refractivity contribution in [3.63, 3.8) is 0 Å². The van der Waals surface area contributed by atoms with Gasteiger partial charge in [-0.25, -0.2) is 8.80 Å². The summed E-state index contributed by atoms with van der Waals surface area (Å²) in [6.45, 7) is 1.99. The van der Waals surface area contributed by atoms with Crippen molar-refractivity contribution < 1.29 is 4.40 Å². The van der Waals surface area contributed by atoms with E-state index in [2.05, 4.69) is 21.1 Å². The van der Waals surface area contributed by atoms with E-state index in [0.717, 1.165) is 11.5 Å². The maximum Gasteiger partial charge on any atom is 0.272 e. The first-order valence-electron chi connectivity index (χ1n) is 4.52. The largest absolute Gasteiger partial charge is 0.292 e. The lowest BCUT2D eigenvalue weighted by molar-refractivity contribution is -0.517. The molecule has 4 nitrogen and oxygen atoms in total. The van der Waals surface area contributed by atoms with Gasteiger partial charge < -0.3 is 0 Å². The van der Waals surface area contributed by atoms with Crippen LogP contribution in [0.25, 0.3) is 11.2 Å². The summed E-state index contributed by atoms with van der Waals surface area (Å²) >= 11 is 0. The Labute approximate surface area is 80.8 Å². The van der Waals surface area contributed by atoms with Crippen LogP contribution in [0, 0.1) is 6.92 Å². The highest BCUT2D eigenvalue weighted by Crippen LogP contribution is 2.07. The molecule has 0 aliphatic heterocycles. The van der Waals surface area contributed by atoms with Gasteiger partial charge in [0.15, 0.2) is 6.20 Å². The van der Waals surface area contributed by atoms with Crippen molar-refractivity contribution >= 4 is 11.2 Å².